The molecule has 0 spiro atoms. The number of hydrogen-bond acceptors (Lipinski definition) is 3. The summed E-state index contributed by atoms with van der Waals surface area (Å²) in [6.07, 6.45) is 0.908. The van der Waals surface area contributed by atoms with E-state index in [1.165, 1.54) is 0 Å². The number of amides is 2. The Morgan fingerprint density at radius 3 is 2.70 bits per heavy atom. The molecule has 1 aliphatic heterocycles. The third-order valence-electron chi connectivity index (χ3n) is 4.43. The first-order valence-electron chi connectivity index (χ1n) is 9.01. The molecule has 150 valence electrons. The minimum absolute atomic E-state index is 0. The third kappa shape index (κ3) is 6.67. The fourth-order valence-corrected chi connectivity index (χ4v) is 2.98. The van der Waals surface area contributed by atoms with Gasteiger partial charge in [-0.25, -0.2) is 0 Å². The van der Waals surface area contributed by atoms with Crippen LogP contribution in [0.2, 0.25) is 0 Å². The molecule has 0 bridgehead atoms. The Morgan fingerprint density at radius 2 is 2.07 bits per heavy atom. The van der Waals surface area contributed by atoms with Gasteiger partial charge in [0, 0.05) is 51.3 Å². The molecule has 27 heavy (non-hydrogen) atoms. The quantitative estimate of drug-likeness (QED) is 0.335. The van der Waals surface area contributed by atoms with Crippen LogP contribution in [-0.2, 0) is 11.3 Å². The fourth-order valence-electron chi connectivity index (χ4n) is 2.98. The number of rotatable bonds is 5. The summed E-state index contributed by atoms with van der Waals surface area (Å²) in [5.41, 5.74) is 1.63. The number of carbonyl (C=O) groups excluding carboxylic acids is 2. The molecule has 1 fully saturated rings. The molecule has 0 radical (unpaired) electrons. The van der Waals surface area contributed by atoms with Crippen molar-refractivity contribution < 1.29 is 9.59 Å². The second-order valence-electron chi connectivity index (χ2n) is 6.77. The molecule has 1 aromatic carbocycles. The van der Waals surface area contributed by atoms with Gasteiger partial charge in [-0.3, -0.25) is 14.6 Å². The maximum atomic E-state index is 12.1. The largest absolute Gasteiger partial charge is 0.355 e. The van der Waals surface area contributed by atoms with Crippen LogP contribution in [0.1, 0.15) is 36.2 Å². The number of aliphatic imine (C=N–C) groups is 1. The molecule has 8 heteroatoms. The van der Waals surface area contributed by atoms with Crippen molar-refractivity contribution in [1.82, 2.24) is 20.9 Å². The predicted molar refractivity (Wildman–Crippen MR) is 118 cm³/mol. The van der Waals surface area contributed by atoms with Gasteiger partial charge in [-0.1, -0.05) is 26.0 Å². The van der Waals surface area contributed by atoms with E-state index in [0.29, 0.717) is 24.6 Å². The van der Waals surface area contributed by atoms with Gasteiger partial charge in [-0.2, -0.15) is 0 Å². The molecule has 1 unspecified atom stereocenters. The van der Waals surface area contributed by atoms with Crippen molar-refractivity contribution >= 4 is 41.8 Å². The standard InChI is InChI=1S/C19H29N5O2.HI/c1-13(2)18(26)24-9-8-16(12-24)23-19(21-4)22-11-14-6-5-7-15(10-14)17(25)20-3;/h5-7,10,13,16H,8-9,11-12H2,1-4H3,(H,20,25)(H2,21,22,23);1H. The number of benzene rings is 1. The second kappa shape index (κ2) is 11.1. The average Bonchev–Trinajstić information content (AvgIpc) is 3.12. The highest BCUT2D eigenvalue weighted by molar-refractivity contribution is 14.0. The lowest BCUT2D eigenvalue weighted by Gasteiger charge is -2.20. The first-order valence-corrected chi connectivity index (χ1v) is 9.01. The summed E-state index contributed by atoms with van der Waals surface area (Å²) in [6.45, 7) is 5.89. The van der Waals surface area contributed by atoms with Crippen LogP contribution in [0, 0.1) is 5.92 Å². The number of guanidine groups is 1. The highest BCUT2D eigenvalue weighted by Gasteiger charge is 2.27. The van der Waals surface area contributed by atoms with Crippen LogP contribution >= 0.6 is 24.0 Å². The van der Waals surface area contributed by atoms with E-state index in [4.69, 9.17) is 0 Å². The van der Waals surface area contributed by atoms with Crippen LogP contribution < -0.4 is 16.0 Å². The molecule has 3 N–H and O–H groups in total. The Labute approximate surface area is 178 Å². The Hall–Kier alpha value is -1.84. The van der Waals surface area contributed by atoms with E-state index in [0.717, 1.165) is 18.5 Å². The number of nitrogens with one attached hydrogen (secondary N) is 3. The molecule has 0 saturated carbocycles. The number of halogens is 1. The van der Waals surface area contributed by atoms with Crippen LogP contribution in [0.25, 0.3) is 0 Å². The molecule has 1 aromatic rings. The minimum Gasteiger partial charge on any atom is -0.355 e. The number of likely N-dealkylation sites (tertiary alicyclic amines) is 1. The van der Waals surface area contributed by atoms with E-state index in [2.05, 4.69) is 20.9 Å². The van der Waals surface area contributed by atoms with Gasteiger partial charge in [0.15, 0.2) is 5.96 Å². The van der Waals surface area contributed by atoms with Gasteiger partial charge in [-0.05, 0) is 24.1 Å². The van der Waals surface area contributed by atoms with Crippen LogP contribution in [0.4, 0.5) is 0 Å². The van der Waals surface area contributed by atoms with Crippen molar-refractivity contribution in [2.45, 2.75) is 32.9 Å². The van der Waals surface area contributed by atoms with Gasteiger partial charge in [0.25, 0.3) is 5.91 Å². The van der Waals surface area contributed by atoms with E-state index in [1.807, 2.05) is 36.9 Å². The lowest BCUT2D eigenvalue weighted by molar-refractivity contribution is -0.133. The van der Waals surface area contributed by atoms with Crippen molar-refractivity contribution in [2.24, 2.45) is 10.9 Å². The molecule has 1 atom stereocenters. The zero-order valence-corrected chi connectivity index (χ0v) is 18.7. The van der Waals surface area contributed by atoms with E-state index >= 15 is 0 Å². The topological polar surface area (TPSA) is 85.8 Å². The lowest BCUT2D eigenvalue weighted by Crippen LogP contribution is -2.45. The highest BCUT2D eigenvalue weighted by atomic mass is 127. The molecule has 0 aliphatic carbocycles. The zero-order valence-electron chi connectivity index (χ0n) is 16.4. The Morgan fingerprint density at radius 1 is 1.33 bits per heavy atom. The number of hydrogen-bond donors (Lipinski definition) is 3. The molecular weight excluding hydrogens is 457 g/mol. The molecule has 1 saturated heterocycles. The predicted octanol–water partition coefficient (Wildman–Crippen LogP) is 1.59. The monoisotopic (exact) mass is 487 g/mol. The summed E-state index contributed by atoms with van der Waals surface area (Å²) in [7, 11) is 3.34. The molecule has 2 rings (SSSR count). The minimum atomic E-state index is -0.102. The van der Waals surface area contributed by atoms with Gasteiger partial charge >= 0.3 is 0 Å². The normalized spacial score (nSPS) is 16.7. The van der Waals surface area contributed by atoms with Gasteiger partial charge in [0.2, 0.25) is 5.91 Å². The van der Waals surface area contributed by atoms with Crippen molar-refractivity contribution in [3.8, 4) is 0 Å². The number of nitrogens with zero attached hydrogens (tertiary/aromatic N) is 2. The molecular formula is C19H30IN5O2. The zero-order chi connectivity index (χ0) is 19.1. The Kier molecular flexibility index (Phi) is 9.54. The molecule has 1 aliphatic rings. The van der Waals surface area contributed by atoms with Gasteiger partial charge in [-0.15, -0.1) is 24.0 Å². The summed E-state index contributed by atoms with van der Waals surface area (Å²) < 4.78 is 0. The molecule has 1 heterocycles. The molecule has 7 nitrogen and oxygen atoms in total. The van der Waals surface area contributed by atoms with E-state index < -0.39 is 0 Å². The molecule has 2 amide bonds. The summed E-state index contributed by atoms with van der Waals surface area (Å²) >= 11 is 0. The second-order valence-corrected chi connectivity index (χ2v) is 6.77. The van der Waals surface area contributed by atoms with Crippen molar-refractivity contribution in [2.75, 3.05) is 27.2 Å². The maximum absolute atomic E-state index is 12.1. The third-order valence-corrected chi connectivity index (χ3v) is 4.43. The van der Waals surface area contributed by atoms with E-state index in [-0.39, 0.29) is 47.8 Å². The van der Waals surface area contributed by atoms with Gasteiger partial charge < -0.3 is 20.9 Å². The Balaban J connectivity index is 0.00000364. The first kappa shape index (κ1) is 23.2. The van der Waals surface area contributed by atoms with Crippen LogP contribution in [0.5, 0.6) is 0 Å². The SMILES string of the molecule is CN=C(NCc1cccc(C(=O)NC)c1)NC1CCN(C(=O)C(C)C)C1.I. The van der Waals surface area contributed by atoms with Crippen molar-refractivity contribution in [3.63, 3.8) is 0 Å². The maximum Gasteiger partial charge on any atom is 0.251 e. The first-order chi connectivity index (χ1) is 12.4. The summed E-state index contributed by atoms with van der Waals surface area (Å²) in [6, 6.07) is 7.67. The van der Waals surface area contributed by atoms with Crippen molar-refractivity contribution in [3.05, 3.63) is 35.4 Å². The molecule has 0 aromatic heterocycles. The average molecular weight is 487 g/mol. The summed E-state index contributed by atoms with van der Waals surface area (Å²) in [5.74, 6) is 0.816. The van der Waals surface area contributed by atoms with E-state index in [1.54, 1.807) is 20.2 Å². The summed E-state index contributed by atoms with van der Waals surface area (Å²) in [5, 5.41) is 9.27. The highest BCUT2D eigenvalue weighted by Crippen LogP contribution is 2.12. The van der Waals surface area contributed by atoms with E-state index in [9.17, 15) is 9.59 Å². The Bertz CT molecular complexity index is 678. The van der Waals surface area contributed by atoms with Gasteiger partial charge in [0.05, 0.1) is 0 Å². The van der Waals surface area contributed by atoms with Crippen LogP contribution in [0.3, 0.4) is 0 Å². The smallest absolute Gasteiger partial charge is 0.251 e. The van der Waals surface area contributed by atoms with Crippen LogP contribution in [-0.4, -0.2) is 55.9 Å². The fraction of sp³-hybridized carbons (Fsp3) is 0.526. The van der Waals surface area contributed by atoms with Crippen molar-refractivity contribution in [1.29, 1.82) is 0 Å². The number of carbonyl (C=O) groups is 2. The van der Waals surface area contributed by atoms with Gasteiger partial charge in [0.1, 0.15) is 0 Å². The van der Waals surface area contributed by atoms with Crippen LogP contribution in [0.15, 0.2) is 29.3 Å². The summed E-state index contributed by atoms with van der Waals surface area (Å²) in [4.78, 5) is 30.0. The lowest BCUT2D eigenvalue weighted by atomic mass is 10.1.